The molecule has 0 radical (unpaired) electrons. The molecular weight excluding hydrogens is 392 g/mol. The van der Waals surface area contributed by atoms with Crippen LogP contribution in [0, 0.1) is 0 Å². The first-order valence-corrected chi connectivity index (χ1v) is 10.3. The summed E-state index contributed by atoms with van der Waals surface area (Å²) in [6, 6.07) is 14.5. The van der Waals surface area contributed by atoms with Crippen LogP contribution in [0.5, 0.6) is 0 Å². The maximum Gasteiger partial charge on any atom is 0.251 e. The van der Waals surface area contributed by atoms with Gasteiger partial charge in [0.2, 0.25) is 11.8 Å². The van der Waals surface area contributed by atoms with E-state index in [9.17, 15) is 14.4 Å². The SMILES string of the molecule is CN(C)C(=O)CCc1cccc(NCC(=O)Nc2ccc(C(=O)NC(C)(C)C)cc2)c1. The quantitative estimate of drug-likeness (QED) is 0.607. The zero-order valence-corrected chi connectivity index (χ0v) is 18.9. The number of benzene rings is 2. The van der Waals surface area contributed by atoms with Gasteiger partial charge in [-0.15, -0.1) is 0 Å². The number of anilines is 2. The molecule has 2 aromatic carbocycles. The molecule has 3 N–H and O–H groups in total. The molecule has 0 atom stereocenters. The topological polar surface area (TPSA) is 90.5 Å². The minimum Gasteiger partial charge on any atom is -0.376 e. The first kappa shape index (κ1) is 23.9. The van der Waals surface area contributed by atoms with Crippen molar-refractivity contribution in [3.05, 3.63) is 59.7 Å². The molecule has 2 aromatic rings. The van der Waals surface area contributed by atoms with Crippen molar-refractivity contribution >= 4 is 29.1 Å². The molecule has 0 aliphatic rings. The Hall–Kier alpha value is -3.35. The molecule has 0 heterocycles. The van der Waals surface area contributed by atoms with Gasteiger partial charge in [0.25, 0.3) is 5.91 Å². The van der Waals surface area contributed by atoms with Crippen molar-refractivity contribution in [1.82, 2.24) is 10.2 Å². The van der Waals surface area contributed by atoms with Gasteiger partial charge in [-0.2, -0.15) is 0 Å². The van der Waals surface area contributed by atoms with E-state index < -0.39 is 0 Å². The summed E-state index contributed by atoms with van der Waals surface area (Å²) in [6.45, 7) is 5.87. The molecule has 7 nitrogen and oxygen atoms in total. The summed E-state index contributed by atoms with van der Waals surface area (Å²) in [7, 11) is 3.49. The van der Waals surface area contributed by atoms with Crippen LogP contribution in [0.1, 0.15) is 43.1 Å². The molecule has 3 amide bonds. The average Bonchev–Trinajstić information content (AvgIpc) is 2.70. The zero-order valence-electron chi connectivity index (χ0n) is 18.9. The second kappa shape index (κ2) is 10.6. The molecule has 0 saturated heterocycles. The van der Waals surface area contributed by atoms with Crippen molar-refractivity contribution < 1.29 is 14.4 Å². The molecule has 0 spiro atoms. The predicted molar refractivity (Wildman–Crippen MR) is 124 cm³/mol. The fraction of sp³-hybridized carbons (Fsp3) is 0.375. The number of rotatable bonds is 8. The van der Waals surface area contributed by atoms with Crippen LogP contribution in [0.4, 0.5) is 11.4 Å². The highest BCUT2D eigenvalue weighted by Crippen LogP contribution is 2.14. The van der Waals surface area contributed by atoms with Crippen LogP contribution in [-0.4, -0.2) is 48.8 Å². The van der Waals surface area contributed by atoms with Crippen LogP contribution >= 0.6 is 0 Å². The van der Waals surface area contributed by atoms with Gasteiger partial charge in [0.05, 0.1) is 6.54 Å². The van der Waals surface area contributed by atoms with E-state index in [1.807, 2.05) is 45.0 Å². The minimum atomic E-state index is -0.311. The van der Waals surface area contributed by atoms with E-state index in [2.05, 4.69) is 16.0 Å². The van der Waals surface area contributed by atoms with E-state index in [0.29, 0.717) is 24.1 Å². The lowest BCUT2D eigenvalue weighted by atomic mass is 10.1. The fourth-order valence-corrected chi connectivity index (χ4v) is 2.82. The third-order valence-electron chi connectivity index (χ3n) is 4.43. The zero-order chi connectivity index (χ0) is 23.0. The number of amides is 3. The van der Waals surface area contributed by atoms with E-state index >= 15 is 0 Å². The molecule has 0 aromatic heterocycles. The standard InChI is InChI=1S/C24H32N4O3/c1-24(2,3)27-23(31)18-10-12-19(13-11-18)26-21(29)16-25-20-8-6-7-17(15-20)9-14-22(30)28(4)5/h6-8,10-13,15,25H,9,14,16H2,1-5H3,(H,26,29)(H,27,31). The molecule has 2 rings (SSSR count). The number of aryl methyl sites for hydroxylation is 1. The fourth-order valence-electron chi connectivity index (χ4n) is 2.82. The Morgan fingerprint density at radius 1 is 0.935 bits per heavy atom. The Labute approximate surface area is 184 Å². The molecule has 0 unspecified atom stereocenters. The molecule has 0 bridgehead atoms. The Kier molecular flexibility index (Phi) is 8.19. The lowest BCUT2D eigenvalue weighted by Gasteiger charge is -2.20. The maximum atomic E-state index is 12.3. The Morgan fingerprint density at radius 3 is 2.23 bits per heavy atom. The number of nitrogens with zero attached hydrogens (tertiary/aromatic N) is 1. The van der Waals surface area contributed by atoms with Gasteiger partial charge in [-0.05, 0) is 69.2 Å². The van der Waals surface area contributed by atoms with Gasteiger partial charge in [0.15, 0.2) is 0 Å². The van der Waals surface area contributed by atoms with Crippen LogP contribution in [-0.2, 0) is 16.0 Å². The smallest absolute Gasteiger partial charge is 0.251 e. The largest absolute Gasteiger partial charge is 0.376 e. The monoisotopic (exact) mass is 424 g/mol. The summed E-state index contributed by atoms with van der Waals surface area (Å²) in [4.78, 5) is 37.8. The van der Waals surface area contributed by atoms with E-state index in [0.717, 1.165) is 11.3 Å². The van der Waals surface area contributed by atoms with Crippen molar-refractivity contribution in [3.8, 4) is 0 Å². The van der Waals surface area contributed by atoms with E-state index in [-0.39, 0.29) is 29.8 Å². The van der Waals surface area contributed by atoms with E-state index in [1.54, 1.807) is 43.3 Å². The van der Waals surface area contributed by atoms with E-state index in [4.69, 9.17) is 0 Å². The highest BCUT2D eigenvalue weighted by atomic mass is 16.2. The molecule has 0 fully saturated rings. The van der Waals surface area contributed by atoms with E-state index in [1.165, 1.54) is 0 Å². The van der Waals surface area contributed by atoms with Crippen molar-refractivity contribution in [3.63, 3.8) is 0 Å². The minimum absolute atomic E-state index is 0.0830. The number of carbonyl (C=O) groups excluding carboxylic acids is 3. The third kappa shape index (κ3) is 8.50. The summed E-state index contributed by atoms with van der Waals surface area (Å²) < 4.78 is 0. The second-order valence-corrected chi connectivity index (χ2v) is 8.67. The Bertz CT molecular complexity index is 915. The van der Waals surface area contributed by atoms with Gasteiger partial charge in [-0.1, -0.05) is 12.1 Å². The first-order chi connectivity index (χ1) is 14.5. The second-order valence-electron chi connectivity index (χ2n) is 8.67. The lowest BCUT2D eigenvalue weighted by molar-refractivity contribution is -0.128. The summed E-state index contributed by atoms with van der Waals surface area (Å²) in [6.07, 6.45) is 1.09. The molecule has 7 heteroatoms. The summed E-state index contributed by atoms with van der Waals surface area (Å²) in [5, 5.41) is 8.81. The van der Waals surface area contributed by atoms with Crippen molar-refractivity contribution in [2.75, 3.05) is 31.3 Å². The molecule has 0 aliphatic heterocycles. The summed E-state index contributed by atoms with van der Waals surface area (Å²) >= 11 is 0. The van der Waals surface area contributed by atoms with Gasteiger partial charge in [-0.3, -0.25) is 14.4 Å². The number of carbonyl (C=O) groups is 3. The number of nitrogens with one attached hydrogen (secondary N) is 3. The van der Waals surface area contributed by atoms with Crippen molar-refractivity contribution in [2.45, 2.75) is 39.2 Å². The maximum absolute atomic E-state index is 12.3. The van der Waals surface area contributed by atoms with Crippen LogP contribution in [0.3, 0.4) is 0 Å². The third-order valence-corrected chi connectivity index (χ3v) is 4.43. The molecule has 31 heavy (non-hydrogen) atoms. The molecular formula is C24H32N4O3. The van der Waals surface area contributed by atoms with Crippen molar-refractivity contribution in [2.24, 2.45) is 0 Å². The first-order valence-electron chi connectivity index (χ1n) is 10.3. The highest BCUT2D eigenvalue weighted by molar-refractivity contribution is 5.97. The van der Waals surface area contributed by atoms with Gasteiger partial charge in [-0.25, -0.2) is 0 Å². The average molecular weight is 425 g/mol. The number of hydrogen-bond acceptors (Lipinski definition) is 4. The van der Waals surface area contributed by atoms with Gasteiger partial charge in [0, 0.05) is 43.0 Å². The molecule has 0 saturated carbocycles. The summed E-state index contributed by atoms with van der Waals surface area (Å²) in [5.74, 6) is -0.265. The summed E-state index contributed by atoms with van der Waals surface area (Å²) in [5.41, 5.74) is 2.70. The lowest BCUT2D eigenvalue weighted by Crippen LogP contribution is -2.40. The van der Waals surface area contributed by atoms with Crippen LogP contribution in [0.25, 0.3) is 0 Å². The highest BCUT2D eigenvalue weighted by Gasteiger charge is 2.15. The van der Waals surface area contributed by atoms with Gasteiger partial charge in [0.1, 0.15) is 0 Å². The van der Waals surface area contributed by atoms with Crippen LogP contribution in [0.2, 0.25) is 0 Å². The Balaban J connectivity index is 1.85. The molecule has 0 aliphatic carbocycles. The van der Waals surface area contributed by atoms with Crippen molar-refractivity contribution in [1.29, 1.82) is 0 Å². The normalized spacial score (nSPS) is 10.9. The van der Waals surface area contributed by atoms with Gasteiger partial charge < -0.3 is 20.9 Å². The number of hydrogen-bond donors (Lipinski definition) is 3. The molecule has 166 valence electrons. The van der Waals surface area contributed by atoms with Crippen LogP contribution < -0.4 is 16.0 Å². The van der Waals surface area contributed by atoms with Crippen LogP contribution in [0.15, 0.2) is 48.5 Å². The Morgan fingerprint density at radius 2 is 1.61 bits per heavy atom. The predicted octanol–water partition coefficient (Wildman–Crippen LogP) is 3.29. The van der Waals surface area contributed by atoms with Gasteiger partial charge >= 0.3 is 0 Å².